The molecular weight excluding hydrogens is 363 g/mol. The van der Waals surface area contributed by atoms with Crippen molar-refractivity contribution in [2.75, 3.05) is 18.5 Å². The average molecular weight is 380 g/mol. The quantitative estimate of drug-likeness (QED) is 0.207. The molecule has 0 atom stereocenters. The van der Waals surface area contributed by atoms with Crippen molar-refractivity contribution in [3.8, 4) is 5.75 Å². The summed E-state index contributed by atoms with van der Waals surface area (Å²) in [5.41, 5.74) is 2.29. The third-order valence-electron chi connectivity index (χ3n) is 3.23. The molecule has 3 N–H and O–H groups in total. The summed E-state index contributed by atoms with van der Waals surface area (Å²) in [6.45, 7) is 2.54. The van der Waals surface area contributed by atoms with Crippen molar-refractivity contribution >= 4 is 22.7 Å². The van der Waals surface area contributed by atoms with Crippen LogP contribution in [0.1, 0.15) is 6.92 Å². The van der Waals surface area contributed by atoms with Crippen molar-refractivity contribution in [1.82, 2.24) is 19.9 Å². The first-order valence-electron chi connectivity index (χ1n) is 7.57. The Morgan fingerprint density at radius 2 is 2.00 bits per heavy atom. The number of nitrogens with zero attached hydrogens (tertiary/aromatic N) is 4. The van der Waals surface area contributed by atoms with E-state index < -0.39 is 4.92 Å². The van der Waals surface area contributed by atoms with Crippen LogP contribution in [0.25, 0.3) is 11.2 Å². The van der Waals surface area contributed by atoms with Crippen LogP contribution in [0.3, 0.4) is 0 Å². The standard InChI is InChI=1S/C10H13N5O.C6H5NO3.Na/c1-7(4-16)2-3-11-9-8-10(13-5-12-8)15-6-14-9;8-6-3-1-5(2-4-6)7(9)10;/h2,5-6,16H,3-4H2,1H3,(H2,11,12,13,14,15);1-4,8H;/q;;+1/p-1. The van der Waals surface area contributed by atoms with Gasteiger partial charge in [-0.05, 0) is 6.92 Å². The Morgan fingerprint density at radius 1 is 1.30 bits per heavy atom. The van der Waals surface area contributed by atoms with E-state index in [1.165, 1.54) is 18.5 Å². The zero-order valence-electron chi connectivity index (χ0n) is 14.9. The van der Waals surface area contributed by atoms with E-state index in [1.54, 1.807) is 6.33 Å². The molecule has 136 valence electrons. The van der Waals surface area contributed by atoms with Gasteiger partial charge in [-0.2, -0.15) is 0 Å². The van der Waals surface area contributed by atoms with E-state index in [1.807, 2.05) is 13.0 Å². The molecule has 0 saturated carbocycles. The molecule has 0 saturated heterocycles. The Kier molecular flexibility index (Phi) is 9.37. The van der Waals surface area contributed by atoms with Gasteiger partial charge in [0, 0.05) is 18.7 Å². The van der Waals surface area contributed by atoms with E-state index in [0.717, 1.165) is 23.2 Å². The summed E-state index contributed by atoms with van der Waals surface area (Å²) in [6.07, 6.45) is 4.96. The number of aromatic nitrogens is 4. The summed E-state index contributed by atoms with van der Waals surface area (Å²) in [4.78, 5) is 24.7. The molecule has 1 aromatic carbocycles. The number of H-pyrrole nitrogens is 1. The third-order valence-corrected chi connectivity index (χ3v) is 3.23. The number of benzene rings is 1. The largest absolute Gasteiger partial charge is 1.00 e. The van der Waals surface area contributed by atoms with E-state index in [9.17, 15) is 15.2 Å². The zero-order valence-corrected chi connectivity index (χ0v) is 16.9. The summed E-state index contributed by atoms with van der Waals surface area (Å²) in [7, 11) is 0. The van der Waals surface area contributed by atoms with Crippen LogP contribution in [0.5, 0.6) is 5.75 Å². The van der Waals surface area contributed by atoms with Gasteiger partial charge in [0.1, 0.15) is 11.8 Å². The van der Waals surface area contributed by atoms with Crippen molar-refractivity contribution in [2.24, 2.45) is 0 Å². The van der Waals surface area contributed by atoms with Gasteiger partial charge in [0.15, 0.2) is 11.5 Å². The summed E-state index contributed by atoms with van der Waals surface area (Å²) in [5, 5.41) is 32.4. The summed E-state index contributed by atoms with van der Waals surface area (Å²) >= 11 is 0. The summed E-state index contributed by atoms with van der Waals surface area (Å²) in [6, 6.07) is 4.70. The number of hydrogen-bond acceptors (Lipinski definition) is 8. The van der Waals surface area contributed by atoms with Crippen LogP contribution >= 0.6 is 0 Å². The number of nitrogens with one attached hydrogen (secondary N) is 2. The second kappa shape index (κ2) is 11.2. The fraction of sp³-hybridized carbons (Fsp3) is 0.188. The molecule has 10 nitrogen and oxygen atoms in total. The first-order valence-corrected chi connectivity index (χ1v) is 7.57. The number of aliphatic hydroxyl groups is 1. The van der Waals surface area contributed by atoms with Gasteiger partial charge in [0.25, 0.3) is 5.69 Å². The molecule has 0 amide bonds. The average Bonchev–Trinajstić information content (AvgIpc) is 3.12. The molecule has 11 heteroatoms. The molecule has 27 heavy (non-hydrogen) atoms. The van der Waals surface area contributed by atoms with E-state index in [2.05, 4.69) is 25.3 Å². The van der Waals surface area contributed by atoms with Gasteiger partial charge in [0.2, 0.25) is 0 Å². The molecular formula is C16H17N6NaO4. The second-order valence-corrected chi connectivity index (χ2v) is 5.16. The number of rotatable bonds is 5. The number of fused-ring (bicyclic) bond motifs is 1. The van der Waals surface area contributed by atoms with Crippen LogP contribution in [0.2, 0.25) is 0 Å². The first kappa shape index (κ1) is 22.5. The number of non-ortho nitro benzene ring substituents is 1. The number of anilines is 1. The van der Waals surface area contributed by atoms with E-state index in [-0.39, 0.29) is 47.6 Å². The Morgan fingerprint density at radius 3 is 2.63 bits per heavy atom. The van der Waals surface area contributed by atoms with Crippen molar-refractivity contribution < 1.29 is 44.7 Å². The van der Waals surface area contributed by atoms with Crippen LogP contribution in [0.4, 0.5) is 11.5 Å². The van der Waals surface area contributed by atoms with E-state index in [4.69, 9.17) is 5.11 Å². The monoisotopic (exact) mass is 380 g/mol. The van der Waals surface area contributed by atoms with E-state index in [0.29, 0.717) is 18.0 Å². The molecule has 0 spiro atoms. The van der Waals surface area contributed by atoms with Crippen molar-refractivity contribution in [1.29, 1.82) is 0 Å². The smallest absolute Gasteiger partial charge is 0.872 e. The predicted octanol–water partition coefficient (Wildman–Crippen LogP) is -1.62. The normalized spacial score (nSPS) is 10.5. The molecule has 3 aromatic rings. The van der Waals surface area contributed by atoms with Gasteiger partial charge in [-0.25, -0.2) is 15.0 Å². The van der Waals surface area contributed by atoms with Gasteiger partial charge < -0.3 is 20.5 Å². The number of aromatic amines is 1. The minimum Gasteiger partial charge on any atom is -0.872 e. The molecule has 0 aliphatic rings. The minimum atomic E-state index is -0.542. The number of nitro benzene ring substituents is 1. The fourth-order valence-electron chi connectivity index (χ4n) is 1.85. The van der Waals surface area contributed by atoms with Gasteiger partial charge in [-0.15, -0.1) is 5.75 Å². The molecule has 0 bridgehead atoms. The van der Waals surface area contributed by atoms with Gasteiger partial charge >= 0.3 is 29.6 Å². The predicted molar refractivity (Wildman–Crippen MR) is 93.6 cm³/mol. The number of hydrogen-bond donors (Lipinski definition) is 3. The first-order chi connectivity index (χ1) is 12.5. The Balaban J connectivity index is 0.000000288. The van der Waals surface area contributed by atoms with Gasteiger partial charge in [-0.3, -0.25) is 10.1 Å². The minimum absolute atomic E-state index is 0. The fourth-order valence-corrected chi connectivity index (χ4v) is 1.85. The Labute approximate surface area is 176 Å². The molecule has 2 aromatic heterocycles. The van der Waals surface area contributed by atoms with Gasteiger partial charge in [-0.1, -0.05) is 23.8 Å². The zero-order chi connectivity index (χ0) is 18.9. The number of aliphatic hydroxyl groups excluding tert-OH is 1. The van der Waals surface area contributed by atoms with Crippen molar-refractivity contribution in [3.63, 3.8) is 0 Å². The van der Waals surface area contributed by atoms with Gasteiger partial charge in [0.05, 0.1) is 17.9 Å². The number of nitro groups is 1. The van der Waals surface area contributed by atoms with E-state index >= 15 is 0 Å². The maximum atomic E-state index is 10.4. The maximum Gasteiger partial charge on any atom is 1.00 e. The van der Waals surface area contributed by atoms with Crippen molar-refractivity contribution in [3.05, 3.63) is 58.7 Å². The SMILES string of the molecule is CC(=CCNc1ncnc2[nH]cnc12)CO.O=[N+]([O-])c1ccc([O-])cc1.[Na+]. The summed E-state index contributed by atoms with van der Waals surface area (Å²) < 4.78 is 0. The van der Waals surface area contributed by atoms with Crippen LogP contribution < -0.4 is 40.0 Å². The molecule has 0 unspecified atom stereocenters. The Bertz CT molecular complexity index is 897. The molecule has 0 fully saturated rings. The second-order valence-electron chi connectivity index (χ2n) is 5.16. The van der Waals surface area contributed by atoms with Crippen molar-refractivity contribution in [2.45, 2.75) is 6.92 Å². The topological polar surface area (TPSA) is 153 Å². The maximum absolute atomic E-state index is 10.4. The molecule has 3 rings (SSSR count). The Hall–Kier alpha value is -2.53. The molecule has 2 heterocycles. The number of imidazole rings is 1. The summed E-state index contributed by atoms with van der Waals surface area (Å²) in [5.74, 6) is 0.471. The third kappa shape index (κ3) is 6.94. The van der Waals surface area contributed by atoms with Crippen LogP contribution in [-0.4, -0.2) is 43.1 Å². The molecule has 0 aliphatic heterocycles. The van der Waals surface area contributed by atoms with Crippen LogP contribution in [0.15, 0.2) is 48.6 Å². The van der Waals surface area contributed by atoms with Crippen LogP contribution in [0, 0.1) is 10.1 Å². The van der Waals surface area contributed by atoms with Crippen LogP contribution in [-0.2, 0) is 0 Å². The molecule has 0 radical (unpaired) electrons. The molecule has 0 aliphatic carbocycles.